The van der Waals surface area contributed by atoms with E-state index >= 15 is 0 Å². The van der Waals surface area contributed by atoms with Crippen LogP contribution in [-0.4, -0.2) is 66.7 Å². The van der Waals surface area contributed by atoms with Crippen LogP contribution in [0.1, 0.15) is 45.5 Å². The topological polar surface area (TPSA) is 96.0 Å². The van der Waals surface area contributed by atoms with E-state index in [-0.39, 0.29) is 22.7 Å². The SMILES string of the molecule is COc1cc2c3cc1Oc1c(OC)c(OC)cc4c1C(Cc1ccc(OS(=O)(=O)c5ccccc5)c(c1)Oc1ccc(cc1)CC3N(C)CC2)N(C)CC4. The number of hydrogen-bond acceptors (Lipinski definition) is 10. The van der Waals surface area contributed by atoms with Crippen molar-refractivity contribution in [3.05, 3.63) is 124 Å². The van der Waals surface area contributed by atoms with Gasteiger partial charge in [-0.15, -0.1) is 0 Å². The Bertz CT molecular complexity index is 2300. The molecule has 0 spiro atoms. The molecular weight excluding hydrogens is 705 g/mol. The number of rotatable bonds is 6. The highest BCUT2D eigenvalue weighted by molar-refractivity contribution is 7.87. The Morgan fingerprint density at radius 2 is 1.30 bits per heavy atom. The summed E-state index contributed by atoms with van der Waals surface area (Å²) in [6.07, 6.45) is 2.96. The second-order valence-electron chi connectivity index (χ2n) is 14.1. The standard InChI is InChI=1S/C43H44N2O8S/c1-44-19-17-29-24-37(48-3)39-26-33(29)34(44)21-27-11-14-31(15-12-27)51-38-23-28(13-16-36(38)53-54(46,47)32-9-7-6-8-10-32)22-35-41-30(18-20-45(35)2)25-40(49-4)42(50-5)43(41)52-39/h6-16,23-26,34-35H,17-22H2,1-5H3. The summed E-state index contributed by atoms with van der Waals surface area (Å²) in [5.74, 6) is 3.86. The predicted molar refractivity (Wildman–Crippen MR) is 205 cm³/mol. The van der Waals surface area contributed by atoms with E-state index in [0.29, 0.717) is 46.7 Å². The normalized spacial score (nSPS) is 18.3. The summed E-state index contributed by atoms with van der Waals surface area (Å²) in [6.45, 7) is 1.70. The van der Waals surface area contributed by atoms with Gasteiger partial charge < -0.3 is 27.9 Å². The van der Waals surface area contributed by atoms with Gasteiger partial charge in [0.2, 0.25) is 5.75 Å². The zero-order valence-electron chi connectivity index (χ0n) is 31.1. The average molecular weight is 749 g/mol. The molecule has 2 atom stereocenters. The van der Waals surface area contributed by atoms with Crippen LogP contribution in [0, 0.1) is 0 Å². The summed E-state index contributed by atoms with van der Waals surface area (Å²) in [7, 11) is 5.06. The Kier molecular flexibility index (Phi) is 9.64. The molecule has 54 heavy (non-hydrogen) atoms. The zero-order valence-corrected chi connectivity index (χ0v) is 31.9. The second-order valence-corrected chi connectivity index (χ2v) is 15.6. The van der Waals surface area contributed by atoms with Crippen LogP contribution in [0.25, 0.3) is 0 Å². The maximum atomic E-state index is 13.4. The van der Waals surface area contributed by atoms with E-state index < -0.39 is 10.1 Å². The van der Waals surface area contributed by atoms with E-state index in [1.54, 1.807) is 45.6 Å². The molecule has 5 aromatic rings. The molecular formula is C43H44N2O8S. The van der Waals surface area contributed by atoms with Crippen molar-refractivity contribution in [1.29, 1.82) is 0 Å². The maximum absolute atomic E-state index is 13.4. The quantitative estimate of drug-likeness (QED) is 0.160. The molecule has 2 unspecified atom stereocenters. The van der Waals surface area contributed by atoms with Gasteiger partial charge in [-0.1, -0.05) is 36.4 Å². The van der Waals surface area contributed by atoms with Gasteiger partial charge in [0.25, 0.3) is 0 Å². The number of nitrogens with zero attached hydrogens (tertiary/aromatic N) is 2. The van der Waals surface area contributed by atoms with Gasteiger partial charge in [0.15, 0.2) is 34.5 Å². The van der Waals surface area contributed by atoms with Gasteiger partial charge >= 0.3 is 10.1 Å². The molecule has 280 valence electrons. The molecule has 6 bridgehead atoms. The molecule has 5 aromatic carbocycles. The maximum Gasteiger partial charge on any atom is 0.339 e. The van der Waals surface area contributed by atoms with E-state index in [0.717, 1.165) is 54.6 Å². The van der Waals surface area contributed by atoms with Gasteiger partial charge in [0.1, 0.15) is 10.6 Å². The lowest BCUT2D eigenvalue weighted by Gasteiger charge is -2.37. The largest absolute Gasteiger partial charge is 0.493 e. The van der Waals surface area contributed by atoms with Crippen molar-refractivity contribution in [3.8, 4) is 46.0 Å². The summed E-state index contributed by atoms with van der Waals surface area (Å²) in [5.41, 5.74) is 6.53. The van der Waals surface area contributed by atoms with Crippen LogP contribution >= 0.6 is 0 Å². The molecule has 0 aromatic heterocycles. The van der Waals surface area contributed by atoms with Crippen molar-refractivity contribution in [2.45, 2.75) is 42.7 Å². The summed E-state index contributed by atoms with van der Waals surface area (Å²) in [4.78, 5) is 4.74. The van der Waals surface area contributed by atoms with E-state index in [9.17, 15) is 8.42 Å². The lowest BCUT2D eigenvalue weighted by atomic mass is 9.87. The number of methoxy groups -OCH3 is 3. The highest BCUT2D eigenvalue weighted by Gasteiger charge is 2.35. The van der Waals surface area contributed by atoms with Crippen molar-refractivity contribution >= 4 is 10.1 Å². The van der Waals surface area contributed by atoms with Crippen LogP contribution in [0.3, 0.4) is 0 Å². The first-order chi connectivity index (χ1) is 26.1. The van der Waals surface area contributed by atoms with Crippen LogP contribution in [0.4, 0.5) is 0 Å². The lowest BCUT2D eigenvalue weighted by Crippen LogP contribution is -2.34. The Morgan fingerprint density at radius 3 is 2.02 bits per heavy atom. The van der Waals surface area contributed by atoms with Gasteiger partial charge in [-0.2, -0.15) is 8.42 Å². The molecule has 0 radical (unpaired) electrons. The molecule has 0 N–H and O–H groups in total. The smallest absolute Gasteiger partial charge is 0.339 e. The fourth-order valence-corrected chi connectivity index (χ4v) is 8.89. The average Bonchev–Trinajstić information content (AvgIpc) is 3.18. The number of ether oxygens (including phenoxy) is 5. The monoisotopic (exact) mass is 748 g/mol. The number of hydrogen-bond donors (Lipinski definition) is 0. The molecule has 10 nitrogen and oxygen atoms in total. The zero-order chi connectivity index (χ0) is 37.6. The third kappa shape index (κ3) is 6.72. The number of benzene rings is 5. The third-order valence-corrected chi connectivity index (χ3v) is 12.1. The molecule has 9 rings (SSSR count). The fourth-order valence-electron chi connectivity index (χ4n) is 7.93. The van der Waals surface area contributed by atoms with Gasteiger partial charge in [0.05, 0.1) is 21.3 Å². The van der Waals surface area contributed by atoms with Gasteiger partial charge in [-0.3, -0.25) is 9.80 Å². The Hall–Kier alpha value is -5.23. The summed E-state index contributed by atoms with van der Waals surface area (Å²) >= 11 is 0. The fraction of sp³-hybridized carbons (Fsp3) is 0.302. The highest BCUT2D eigenvalue weighted by atomic mass is 32.2. The number of fused-ring (bicyclic) bond motifs is 2. The minimum Gasteiger partial charge on any atom is -0.493 e. The third-order valence-electron chi connectivity index (χ3n) is 10.9. The number of likely N-dealkylation sites (N-methyl/N-ethyl adjacent to an activating group) is 2. The Labute approximate surface area is 316 Å². The highest BCUT2D eigenvalue weighted by Crippen LogP contribution is 2.52. The van der Waals surface area contributed by atoms with E-state index in [1.807, 2.05) is 30.3 Å². The van der Waals surface area contributed by atoms with Crippen molar-refractivity contribution < 1.29 is 36.3 Å². The van der Waals surface area contributed by atoms with Crippen LogP contribution in [0.15, 0.2) is 95.9 Å². The van der Waals surface area contributed by atoms with Crippen LogP contribution in [-0.2, 0) is 35.8 Å². The van der Waals surface area contributed by atoms with E-state index in [1.165, 1.54) is 23.3 Å². The Balaban J connectivity index is 1.32. The molecule has 11 heteroatoms. The van der Waals surface area contributed by atoms with Gasteiger partial charge in [-0.25, -0.2) is 0 Å². The van der Waals surface area contributed by atoms with E-state index in [4.69, 9.17) is 27.9 Å². The lowest BCUT2D eigenvalue weighted by molar-refractivity contribution is 0.220. The molecule has 0 fully saturated rings. The predicted octanol–water partition coefficient (Wildman–Crippen LogP) is 7.92. The van der Waals surface area contributed by atoms with Gasteiger partial charge in [0, 0.05) is 30.7 Å². The molecule has 0 aliphatic carbocycles. The molecule has 0 amide bonds. The van der Waals surface area contributed by atoms with Crippen LogP contribution in [0.2, 0.25) is 0 Å². The van der Waals surface area contributed by atoms with Crippen molar-refractivity contribution in [1.82, 2.24) is 9.80 Å². The molecule has 4 aliphatic rings. The Morgan fingerprint density at radius 1 is 0.648 bits per heavy atom. The first-order valence-corrected chi connectivity index (χ1v) is 19.5. The molecule has 4 aliphatic heterocycles. The molecule has 4 heterocycles. The molecule has 0 saturated carbocycles. The first-order valence-electron chi connectivity index (χ1n) is 18.1. The van der Waals surface area contributed by atoms with Crippen molar-refractivity contribution in [3.63, 3.8) is 0 Å². The second kappa shape index (κ2) is 14.5. The van der Waals surface area contributed by atoms with Gasteiger partial charge in [-0.05, 0) is 122 Å². The first kappa shape index (κ1) is 35.8. The summed E-state index contributed by atoms with van der Waals surface area (Å²) in [6, 6.07) is 27.7. The molecule has 0 saturated heterocycles. The summed E-state index contributed by atoms with van der Waals surface area (Å²) < 4.78 is 64.0. The minimum absolute atomic E-state index is 0.0560. The van der Waals surface area contributed by atoms with Crippen LogP contribution < -0.4 is 27.9 Å². The minimum atomic E-state index is -4.14. The summed E-state index contributed by atoms with van der Waals surface area (Å²) in [5, 5.41) is 0. The van der Waals surface area contributed by atoms with Crippen molar-refractivity contribution in [2.24, 2.45) is 0 Å². The van der Waals surface area contributed by atoms with E-state index in [2.05, 4.69) is 48.2 Å². The van der Waals surface area contributed by atoms with Crippen LogP contribution in [0.5, 0.6) is 46.0 Å². The van der Waals surface area contributed by atoms with Crippen molar-refractivity contribution in [2.75, 3.05) is 48.5 Å².